The van der Waals surface area contributed by atoms with Crippen molar-refractivity contribution in [3.8, 4) is 0 Å². The van der Waals surface area contributed by atoms with Crippen LogP contribution in [0.3, 0.4) is 0 Å². The maximum Gasteiger partial charge on any atom is 0.353 e. The van der Waals surface area contributed by atoms with Gasteiger partial charge in [-0.25, -0.2) is 4.79 Å². The Kier molecular flexibility index (Phi) is 1.80. The fraction of sp³-hybridized carbons (Fsp3) is 0.500. The topological polar surface area (TPSA) is 57.6 Å². The molecule has 1 unspecified atom stereocenters. The number of carboxylic acids is 1. The first kappa shape index (κ1) is 8.56. The van der Waals surface area contributed by atoms with Crippen LogP contribution in [0.2, 0.25) is 0 Å². The smallest absolute Gasteiger partial charge is 0.353 e. The van der Waals surface area contributed by atoms with Crippen LogP contribution >= 0.6 is 11.6 Å². The normalized spacial score (nSPS) is 27.0. The molecule has 0 aromatic carbocycles. The maximum atomic E-state index is 11.1. The third-order valence-electron chi connectivity index (χ3n) is 2.44. The summed E-state index contributed by atoms with van der Waals surface area (Å²) in [5.41, 5.74) is -0.0193. The molecule has 13 heavy (non-hydrogen) atoms. The van der Waals surface area contributed by atoms with Crippen LogP contribution in [0, 0.1) is 0 Å². The first-order valence-electron chi connectivity index (χ1n) is 4.05. The summed E-state index contributed by atoms with van der Waals surface area (Å²) < 4.78 is 0. The number of β-lactam (4-membered cyclic amide) rings is 1. The molecule has 0 radical (unpaired) electrons. The largest absolute Gasteiger partial charge is 0.477 e. The van der Waals surface area contributed by atoms with E-state index < -0.39 is 5.97 Å². The molecule has 2 aliphatic rings. The van der Waals surface area contributed by atoms with Crippen LogP contribution in [0.5, 0.6) is 0 Å². The lowest BCUT2D eigenvalue weighted by atomic mass is 9.91. The molecule has 0 aromatic heterocycles. The standard InChI is InChI=1S/C8H8ClNO3/c9-5-2-1-4-3-6(11)10(4)7(5)8(12)13/h4H,1-3H2,(H,12,13). The van der Waals surface area contributed by atoms with Crippen molar-refractivity contribution in [2.24, 2.45) is 0 Å². The van der Waals surface area contributed by atoms with Crippen molar-refractivity contribution in [1.29, 1.82) is 0 Å². The zero-order valence-corrected chi connectivity index (χ0v) is 7.54. The van der Waals surface area contributed by atoms with Crippen LogP contribution in [-0.2, 0) is 9.59 Å². The van der Waals surface area contributed by atoms with E-state index in [-0.39, 0.29) is 22.7 Å². The van der Waals surface area contributed by atoms with Crippen LogP contribution in [-0.4, -0.2) is 27.9 Å². The summed E-state index contributed by atoms with van der Waals surface area (Å²) in [5, 5.41) is 9.10. The average Bonchev–Trinajstić information content (AvgIpc) is 2.05. The van der Waals surface area contributed by atoms with Gasteiger partial charge in [-0.15, -0.1) is 0 Å². The zero-order chi connectivity index (χ0) is 9.59. The lowest BCUT2D eigenvalue weighted by Gasteiger charge is -2.43. The monoisotopic (exact) mass is 201 g/mol. The van der Waals surface area contributed by atoms with Crippen molar-refractivity contribution in [1.82, 2.24) is 4.90 Å². The van der Waals surface area contributed by atoms with Gasteiger partial charge in [-0.1, -0.05) is 11.6 Å². The molecular formula is C8H8ClNO3. The molecule has 1 N–H and O–H groups in total. The number of carbonyl (C=O) groups is 2. The minimum Gasteiger partial charge on any atom is -0.477 e. The number of amides is 1. The van der Waals surface area contributed by atoms with Crippen LogP contribution in [0.1, 0.15) is 19.3 Å². The fourth-order valence-electron chi connectivity index (χ4n) is 1.78. The molecule has 5 heteroatoms. The third kappa shape index (κ3) is 1.13. The summed E-state index contributed by atoms with van der Waals surface area (Å²) in [6.45, 7) is 0. The Labute approximate surface area is 79.8 Å². The lowest BCUT2D eigenvalue weighted by molar-refractivity contribution is -0.150. The molecule has 1 atom stereocenters. The van der Waals surface area contributed by atoms with Crippen LogP contribution < -0.4 is 0 Å². The highest BCUT2D eigenvalue weighted by atomic mass is 35.5. The zero-order valence-electron chi connectivity index (χ0n) is 6.79. The molecular weight excluding hydrogens is 194 g/mol. The van der Waals surface area contributed by atoms with Crippen LogP contribution in [0.4, 0.5) is 0 Å². The first-order valence-corrected chi connectivity index (χ1v) is 4.43. The summed E-state index contributed by atoms with van der Waals surface area (Å²) in [6.07, 6.45) is 1.81. The highest BCUT2D eigenvalue weighted by molar-refractivity contribution is 6.32. The Morgan fingerprint density at radius 2 is 2.31 bits per heavy atom. The molecule has 4 nitrogen and oxygen atoms in total. The van der Waals surface area contributed by atoms with E-state index >= 15 is 0 Å². The summed E-state index contributed by atoms with van der Waals surface area (Å²) >= 11 is 5.74. The highest BCUT2D eigenvalue weighted by Crippen LogP contribution is 2.37. The van der Waals surface area contributed by atoms with E-state index in [0.29, 0.717) is 12.8 Å². The number of hydrogen-bond donors (Lipinski definition) is 1. The number of fused-ring (bicyclic) bond motifs is 1. The second-order valence-electron chi connectivity index (χ2n) is 3.22. The molecule has 1 amide bonds. The molecule has 2 aliphatic heterocycles. The average molecular weight is 202 g/mol. The van der Waals surface area contributed by atoms with E-state index in [4.69, 9.17) is 16.7 Å². The molecule has 2 rings (SSSR count). The van der Waals surface area contributed by atoms with Gasteiger partial charge in [0.25, 0.3) is 0 Å². The predicted molar refractivity (Wildman–Crippen MR) is 45.0 cm³/mol. The molecule has 1 fully saturated rings. The predicted octanol–water partition coefficient (Wildman–Crippen LogP) is 0.916. The summed E-state index contributed by atoms with van der Waals surface area (Å²) in [4.78, 5) is 23.2. The maximum absolute atomic E-state index is 11.1. The molecule has 0 aromatic rings. The first-order chi connectivity index (χ1) is 6.11. The number of halogens is 1. The lowest BCUT2D eigenvalue weighted by Crippen LogP contribution is -2.54. The van der Waals surface area contributed by atoms with E-state index in [9.17, 15) is 9.59 Å². The van der Waals surface area contributed by atoms with Gasteiger partial charge >= 0.3 is 5.97 Å². The summed E-state index contributed by atoms with van der Waals surface area (Å²) in [6, 6.07) is 0.0705. The van der Waals surface area contributed by atoms with Crippen molar-refractivity contribution in [3.05, 3.63) is 10.7 Å². The third-order valence-corrected chi connectivity index (χ3v) is 2.81. The van der Waals surface area contributed by atoms with Gasteiger partial charge in [0.2, 0.25) is 5.91 Å². The number of aliphatic carboxylic acids is 1. The van der Waals surface area contributed by atoms with Crippen LogP contribution in [0.15, 0.2) is 10.7 Å². The van der Waals surface area contributed by atoms with Gasteiger partial charge in [0.15, 0.2) is 0 Å². The number of hydrogen-bond acceptors (Lipinski definition) is 2. The summed E-state index contributed by atoms with van der Waals surface area (Å²) in [5.74, 6) is -1.25. The van der Waals surface area contributed by atoms with Crippen molar-refractivity contribution in [3.63, 3.8) is 0 Å². The minimum absolute atomic E-state index is 0.0193. The Morgan fingerprint density at radius 1 is 1.62 bits per heavy atom. The van der Waals surface area contributed by atoms with Crippen molar-refractivity contribution in [2.75, 3.05) is 0 Å². The van der Waals surface area contributed by atoms with Gasteiger partial charge in [-0.2, -0.15) is 0 Å². The number of nitrogens with zero attached hydrogens (tertiary/aromatic N) is 1. The quantitative estimate of drug-likeness (QED) is 0.642. The molecule has 0 bridgehead atoms. The Bertz CT molecular complexity index is 323. The SMILES string of the molecule is O=C(O)C1=C(Cl)CCC2CC(=O)N12. The molecule has 1 saturated heterocycles. The molecule has 0 spiro atoms. The number of allylic oxidation sites excluding steroid dienone is 1. The van der Waals surface area contributed by atoms with E-state index in [1.54, 1.807) is 0 Å². The number of carbonyl (C=O) groups excluding carboxylic acids is 1. The molecule has 0 aliphatic carbocycles. The number of rotatable bonds is 1. The van der Waals surface area contributed by atoms with E-state index in [0.717, 1.165) is 6.42 Å². The van der Waals surface area contributed by atoms with Gasteiger partial charge in [-0.3, -0.25) is 4.79 Å². The fourth-order valence-corrected chi connectivity index (χ4v) is 2.06. The Morgan fingerprint density at radius 3 is 2.77 bits per heavy atom. The van der Waals surface area contributed by atoms with Crippen molar-refractivity contribution >= 4 is 23.5 Å². The highest BCUT2D eigenvalue weighted by Gasteiger charge is 2.44. The van der Waals surface area contributed by atoms with Gasteiger partial charge in [0.1, 0.15) is 5.70 Å². The second-order valence-corrected chi connectivity index (χ2v) is 3.68. The summed E-state index contributed by atoms with van der Waals surface area (Å²) in [7, 11) is 0. The van der Waals surface area contributed by atoms with Crippen molar-refractivity contribution < 1.29 is 14.7 Å². The van der Waals surface area contributed by atoms with Gasteiger partial charge in [0, 0.05) is 17.5 Å². The minimum atomic E-state index is -1.11. The van der Waals surface area contributed by atoms with Gasteiger partial charge in [-0.05, 0) is 12.8 Å². The molecule has 70 valence electrons. The van der Waals surface area contributed by atoms with Crippen LogP contribution in [0.25, 0.3) is 0 Å². The van der Waals surface area contributed by atoms with Gasteiger partial charge < -0.3 is 10.0 Å². The number of carboxylic acid groups (broad SMARTS) is 1. The van der Waals surface area contributed by atoms with Gasteiger partial charge in [0.05, 0.1) is 0 Å². The van der Waals surface area contributed by atoms with Crippen molar-refractivity contribution in [2.45, 2.75) is 25.3 Å². The molecule has 2 heterocycles. The van der Waals surface area contributed by atoms with E-state index in [1.807, 2.05) is 0 Å². The van der Waals surface area contributed by atoms with E-state index in [2.05, 4.69) is 0 Å². The Hall–Kier alpha value is -1.03. The Balaban J connectivity index is 2.37. The van der Waals surface area contributed by atoms with E-state index in [1.165, 1.54) is 4.90 Å². The second kappa shape index (κ2) is 2.73. The molecule has 0 saturated carbocycles.